The van der Waals surface area contributed by atoms with Gasteiger partial charge in [0, 0.05) is 28.2 Å². The molecule has 4 nitrogen and oxygen atoms in total. The van der Waals surface area contributed by atoms with Crippen molar-refractivity contribution in [2.24, 2.45) is 0 Å². The Labute approximate surface area is 261 Å². The van der Waals surface area contributed by atoms with Gasteiger partial charge in [0.15, 0.2) is 17.5 Å². The lowest BCUT2D eigenvalue weighted by molar-refractivity contribution is 0.269. The standard InChI is InChI=1S/C41H27N3O/c1-2-12-27(13-3-1)39-42-40(30-22-21-26-11-4-5-14-28(26)23-30)44-41(43-39)31-24-29-15-6-7-16-32(29)35(25-31)33-18-10-20-37-38(33)34-17-8-9-19-36(34)45-37/h1-25,34,36H. The third-order valence-corrected chi connectivity index (χ3v) is 8.83. The molecule has 0 spiro atoms. The quantitative estimate of drug-likeness (QED) is 0.209. The fourth-order valence-electron chi connectivity index (χ4n) is 6.67. The van der Waals surface area contributed by atoms with E-state index in [1.54, 1.807) is 0 Å². The minimum atomic E-state index is 0.0158. The zero-order chi connectivity index (χ0) is 29.7. The molecule has 4 heteroatoms. The van der Waals surface area contributed by atoms with Crippen molar-refractivity contribution in [3.05, 3.63) is 157 Å². The molecule has 0 bridgehead atoms. The molecule has 0 saturated heterocycles. The van der Waals surface area contributed by atoms with Crippen molar-refractivity contribution in [1.82, 2.24) is 15.0 Å². The average Bonchev–Trinajstić information content (AvgIpc) is 3.50. The lowest BCUT2D eigenvalue weighted by Crippen LogP contribution is -2.15. The van der Waals surface area contributed by atoms with E-state index >= 15 is 0 Å². The molecule has 212 valence electrons. The van der Waals surface area contributed by atoms with Crippen LogP contribution in [0.25, 0.3) is 66.8 Å². The third-order valence-electron chi connectivity index (χ3n) is 8.83. The van der Waals surface area contributed by atoms with Crippen LogP contribution in [0.5, 0.6) is 5.75 Å². The van der Waals surface area contributed by atoms with Gasteiger partial charge in [-0.15, -0.1) is 0 Å². The molecule has 2 atom stereocenters. The van der Waals surface area contributed by atoms with Gasteiger partial charge in [-0.3, -0.25) is 0 Å². The van der Waals surface area contributed by atoms with E-state index in [0.29, 0.717) is 17.5 Å². The fraction of sp³-hybridized carbons (Fsp3) is 0.0488. The molecule has 2 unspecified atom stereocenters. The minimum Gasteiger partial charge on any atom is -0.485 e. The first-order valence-electron chi connectivity index (χ1n) is 15.3. The number of hydrogen-bond donors (Lipinski definition) is 0. The van der Waals surface area contributed by atoms with Crippen molar-refractivity contribution < 1.29 is 4.74 Å². The summed E-state index contributed by atoms with van der Waals surface area (Å²) < 4.78 is 6.39. The number of nitrogens with zero attached hydrogens (tertiary/aromatic N) is 3. The molecular weight excluding hydrogens is 550 g/mol. The molecule has 7 aromatic rings. The molecule has 0 N–H and O–H groups in total. The summed E-state index contributed by atoms with van der Waals surface area (Å²) in [6.07, 6.45) is 8.60. The van der Waals surface area contributed by atoms with Gasteiger partial charge in [-0.1, -0.05) is 121 Å². The van der Waals surface area contributed by atoms with Crippen LogP contribution in [0.1, 0.15) is 11.5 Å². The Morgan fingerprint density at radius 1 is 0.467 bits per heavy atom. The average molecular weight is 578 g/mol. The number of benzene rings is 6. The molecule has 1 aliphatic heterocycles. The van der Waals surface area contributed by atoms with Crippen molar-refractivity contribution >= 4 is 21.5 Å². The Morgan fingerprint density at radius 3 is 2.02 bits per heavy atom. The van der Waals surface area contributed by atoms with E-state index in [0.717, 1.165) is 38.8 Å². The summed E-state index contributed by atoms with van der Waals surface area (Å²) in [5.41, 5.74) is 6.38. The number of fused-ring (bicyclic) bond motifs is 5. The largest absolute Gasteiger partial charge is 0.485 e. The molecular formula is C41H27N3O. The van der Waals surface area contributed by atoms with Crippen LogP contribution in [-0.2, 0) is 0 Å². The molecule has 2 heterocycles. The monoisotopic (exact) mass is 577 g/mol. The van der Waals surface area contributed by atoms with Gasteiger partial charge in [0.1, 0.15) is 11.9 Å². The summed E-state index contributed by atoms with van der Waals surface area (Å²) in [6, 6.07) is 44.2. The van der Waals surface area contributed by atoms with Crippen molar-refractivity contribution in [1.29, 1.82) is 0 Å². The summed E-state index contributed by atoms with van der Waals surface area (Å²) in [5.74, 6) is 3.05. The molecule has 0 amide bonds. The maximum absolute atomic E-state index is 6.39. The van der Waals surface area contributed by atoms with Crippen LogP contribution in [0.4, 0.5) is 0 Å². The van der Waals surface area contributed by atoms with Gasteiger partial charge in [0.2, 0.25) is 0 Å². The zero-order valence-corrected chi connectivity index (χ0v) is 24.3. The molecule has 1 aliphatic carbocycles. The van der Waals surface area contributed by atoms with Crippen LogP contribution in [-0.4, -0.2) is 21.1 Å². The fourth-order valence-corrected chi connectivity index (χ4v) is 6.67. The summed E-state index contributed by atoms with van der Waals surface area (Å²) in [5, 5.41) is 4.64. The van der Waals surface area contributed by atoms with Crippen LogP contribution >= 0.6 is 0 Å². The first-order valence-corrected chi connectivity index (χ1v) is 15.3. The van der Waals surface area contributed by atoms with Crippen LogP contribution in [0.3, 0.4) is 0 Å². The van der Waals surface area contributed by atoms with Crippen molar-refractivity contribution in [3.63, 3.8) is 0 Å². The first kappa shape index (κ1) is 25.6. The predicted molar refractivity (Wildman–Crippen MR) is 182 cm³/mol. The van der Waals surface area contributed by atoms with E-state index in [1.807, 2.05) is 30.3 Å². The second-order valence-corrected chi connectivity index (χ2v) is 11.6. The molecule has 0 saturated carbocycles. The van der Waals surface area contributed by atoms with Crippen LogP contribution in [0.2, 0.25) is 0 Å². The summed E-state index contributed by atoms with van der Waals surface area (Å²) in [6.45, 7) is 0. The highest BCUT2D eigenvalue weighted by Gasteiger charge is 2.34. The number of ether oxygens (including phenoxy) is 1. The van der Waals surface area contributed by atoms with E-state index in [1.165, 1.54) is 21.9 Å². The Bertz CT molecular complexity index is 2320. The molecule has 9 rings (SSSR count). The maximum atomic E-state index is 6.39. The lowest BCUT2D eigenvalue weighted by atomic mass is 9.84. The van der Waals surface area contributed by atoms with Crippen molar-refractivity contribution in [2.75, 3.05) is 0 Å². The van der Waals surface area contributed by atoms with E-state index < -0.39 is 0 Å². The number of rotatable bonds is 4. The zero-order valence-electron chi connectivity index (χ0n) is 24.3. The maximum Gasteiger partial charge on any atom is 0.164 e. The van der Waals surface area contributed by atoms with Crippen LogP contribution < -0.4 is 4.74 Å². The second kappa shape index (κ2) is 10.4. The molecule has 6 aromatic carbocycles. The van der Waals surface area contributed by atoms with Crippen molar-refractivity contribution in [3.8, 4) is 51.0 Å². The lowest BCUT2D eigenvalue weighted by Gasteiger charge is -2.17. The van der Waals surface area contributed by atoms with Gasteiger partial charge in [-0.2, -0.15) is 0 Å². The first-order chi connectivity index (χ1) is 22.3. The number of aromatic nitrogens is 3. The molecule has 45 heavy (non-hydrogen) atoms. The third kappa shape index (κ3) is 4.42. The second-order valence-electron chi connectivity index (χ2n) is 11.6. The SMILES string of the molecule is C1=CC2Oc3cccc(-c4cc(-c5nc(-c6ccccc6)nc(-c6ccc7ccccc7c6)n5)cc5ccccc45)c3C2C=C1. The van der Waals surface area contributed by atoms with Gasteiger partial charge in [-0.05, 0) is 63.0 Å². The normalized spacial score (nSPS) is 16.4. The molecule has 2 aliphatic rings. The number of allylic oxidation sites excluding steroid dienone is 2. The highest BCUT2D eigenvalue weighted by molar-refractivity contribution is 6.01. The van der Waals surface area contributed by atoms with Crippen LogP contribution in [0.15, 0.2) is 152 Å². The van der Waals surface area contributed by atoms with E-state index in [4.69, 9.17) is 19.7 Å². The van der Waals surface area contributed by atoms with Gasteiger partial charge < -0.3 is 4.74 Å². The predicted octanol–water partition coefficient (Wildman–Crippen LogP) is 9.82. The van der Waals surface area contributed by atoms with Gasteiger partial charge in [0.05, 0.1) is 0 Å². The van der Waals surface area contributed by atoms with Gasteiger partial charge >= 0.3 is 0 Å². The Hall–Kier alpha value is -5.87. The molecule has 0 radical (unpaired) electrons. The Morgan fingerprint density at radius 2 is 1.16 bits per heavy atom. The summed E-state index contributed by atoms with van der Waals surface area (Å²) in [7, 11) is 0. The van der Waals surface area contributed by atoms with E-state index in [2.05, 4.69) is 121 Å². The summed E-state index contributed by atoms with van der Waals surface area (Å²) >= 11 is 0. The van der Waals surface area contributed by atoms with Crippen LogP contribution in [0, 0.1) is 0 Å². The van der Waals surface area contributed by atoms with Crippen molar-refractivity contribution in [2.45, 2.75) is 12.0 Å². The van der Waals surface area contributed by atoms with E-state index in [9.17, 15) is 0 Å². The molecule has 0 fully saturated rings. The number of hydrogen-bond acceptors (Lipinski definition) is 4. The Balaban J connectivity index is 1.27. The highest BCUT2D eigenvalue weighted by atomic mass is 16.5. The smallest absolute Gasteiger partial charge is 0.164 e. The van der Waals surface area contributed by atoms with Gasteiger partial charge in [-0.25, -0.2) is 15.0 Å². The highest BCUT2D eigenvalue weighted by Crippen LogP contribution is 2.48. The summed E-state index contributed by atoms with van der Waals surface area (Å²) in [4.78, 5) is 15.2. The molecule has 1 aromatic heterocycles. The minimum absolute atomic E-state index is 0.0158. The van der Waals surface area contributed by atoms with Gasteiger partial charge in [0.25, 0.3) is 0 Å². The topological polar surface area (TPSA) is 47.9 Å². The van der Waals surface area contributed by atoms with E-state index in [-0.39, 0.29) is 12.0 Å². The Kier molecular flexibility index (Phi) is 5.91.